The number of anilines is 1. The molecule has 0 fully saturated rings. The molecular weight excluding hydrogens is 854 g/mol. The second kappa shape index (κ2) is 22.2. The van der Waals surface area contributed by atoms with Crippen LogP contribution in [0, 0.1) is 18.3 Å². The largest absolute Gasteiger partial charge is 0.455 e. The molecule has 0 unspecified atom stereocenters. The van der Waals surface area contributed by atoms with Crippen LogP contribution >= 0.6 is 0 Å². The average Bonchev–Trinajstić information content (AvgIpc) is 3.32. The van der Waals surface area contributed by atoms with Gasteiger partial charge in [-0.2, -0.15) is 5.26 Å². The number of ether oxygens (including phenoxy) is 1. The van der Waals surface area contributed by atoms with E-state index in [-0.39, 0.29) is 19.5 Å². The van der Waals surface area contributed by atoms with Crippen LogP contribution in [0.4, 0.5) is 5.69 Å². The molecule has 0 N–H and O–H groups in total. The zero-order chi connectivity index (χ0) is 42.4. The van der Waals surface area contributed by atoms with Crippen LogP contribution in [0.1, 0.15) is 67.9 Å². The first-order chi connectivity index (χ1) is 30.0. The summed E-state index contributed by atoms with van der Waals surface area (Å²) in [5.74, 6) is 1.54. The van der Waals surface area contributed by atoms with Crippen molar-refractivity contribution in [1.29, 1.82) is 5.26 Å². The Balaban J connectivity index is 0.000000186. The first-order valence-electron chi connectivity index (χ1n) is 21.0. The molecule has 0 radical (unpaired) electrons. The van der Waals surface area contributed by atoms with Crippen molar-refractivity contribution in [3.8, 4) is 46.0 Å². The van der Waals surface area contributed by atoms with Gasteiger partial charge in [0.25, 0.3) is 0 Å². The maximum atomic E-state index is 10.2. The predicted octanol–water partition coefficient (Wildman–Crippen LogP) is 11.6. The van der Waals surface area contributed by atoms with Crippen LogP contribution in [0.25, 0.3) is 45.3 Å². The zero-order valence-electron chi connectivity index (χ0n) is 35.6. The van der Waals surface area contributed by atoms with Crippen LogP contribution in [0.5, 0.6) is 5.75 Å². The fraction of sp³-hybridized carbons (Fsp3) is 0.212. The van der Waals surface area contributed by atoms with Gasteiger partial charge in [-0.1, -0.05) is 44.5 Å². The van der Waals surface area contributed by atoms with E-state index in [1.165, 1.54) is 29.7 Å². The summed E-state index contributed by atoms with van der Waals surface area (Å²) < 4.78 is 6.56. The quantitative estimate of drug-likeness (QED) is 0.126. The van der Waals surface area contributed by atoms with Crippen molar-refractivity contribution < 1.29 is 24.2 Å². The Morgan fingerprint density at radius 2 is 1.13 bits per heavy atom. The van der Waals surface area contributed by atoms with Crippen LogP contribution in [0.15, 0.2) is 152 Å². The molecule has 62 heavy (non-hydrogen) atoms. The normalized spacial score (nSPS) is 13.7. The fourth-order valence-corrected chi connectivity index (χ4v) is 7.50. The molecule has 0 saturated carbocycles. The molecule has 10 rings (SSSR count). The summed E-state index contributed by atoms with van der Waals surface area (Å²) in [7, 11) is 0. The van der Waals surface area contributed by atoms with Crippen molar-refractivity contribution in [2.24, 2.45) is 0 Å². The summed E-state index contributed by atoms with van der Waals surface area (Å²) in [6.07, 6.45) is 18.3. The van der Waals surface area contributed by atoms with Crippen molar-refractivity contribution in [3.63, 3.8) is 0 Å². The fourth-order valence-electron chi connectivity index (χ4n) is 7.50. The van der Waals surface area contributed by atoms with E-state index in [0.29, 0.717) is 11.3 Å². The number of benzene rings is 1. The SMILES string of the molecule is CC1=C/C(=C(\C#N)c2ccnc(-c3cc(C)ccn3)c2)Oc2c1cc1c3c2CCCN3CCC1.CCC.[Ru].c1ccc(-c2ccccn2)nc1.c1ccc(-c2ccccn2)nc1. The molecule has 9 nitrogen and oxygen atoms in total. The van der Waals surface area contributed by atoms with E-state index in [0.717, 1.165) is 94.5 Å². The molecule has 0 amide bonds. The number of rotatable bonds is 4. The van der Waals surface area contributed by atoms with Crippen LogP contribution in [0.2, 0.25) is 0 Å². The van der Waals surface area contributed by atoms with Crippen molar-refractivity contribution in [1.82, 2.24) is 29.9 Å². The van der Waals surface area contributed by atoms with Gasteiger partial charge >= 0.3 is 0 Å². The van der Waals surface area contributed by atoms with Gasteiger partial charge in [-0.05, 0) is 147 Å². The van der Waals surface area contributed by atoms with E-state index in [4.69, 9.17) is 4.74 Å². The minimum Gasteiger partial charge on any atom is -0.455 e. The first kappa shape index (κ1) is 44.9. The molecule has 3 aliphatic heterocycles. The van der Waals surface area contributed by atoms with Gasteiger partial charge in [-0.3, -0.25) is 29.9 Å². The third-order valence-corrected chi connectivity index (χ3v) is 10.2. The molecule has 10 heteroatoms. The Labute approximate surface area is 378 Å². The summed E-state index contributed by atoms with van der Waals surface area (Å²) >= 11 is 0. The topological polar surface area (TPSA) is 114 Å². The summed E-state index contributed by atoms with van der Waals surface area (Å²) in [6.45, 7) is 10.6. The van der Waals surface area contributed by atoms with Crippen LogP contribution in [-0.2, 0) is 32.3 Å². The average molecular weight is 904 g/mol. The van der Waals surface area contributed by atoms with E-state index in [1.54, 1.807) is 37.2 Å². The molecule has 9 heterocycles. The van der Waals surface area contributed by atoms with E-state index in [9.17, 15) is 5.26 Å². The molecule has 0 aliphatic carbocycles. The maximum absolute atomic E-state index is 10.2. The predicted molar refractivity (Wildman–Crippen MR) is 245 cm³/mol. The number of aromatic nitrogens is 6. The van der Waals surface area contributed by atoms with Crippen molar-refractivity contribution >= 4 is 16.8 Å². The number of hydrogen-bond donors (Lipinski definition) is 0. The van der Waals surface area contributed by atoms with Crippen LogP contribution in [-0.4, -0.2) is 43.0 Å². The molecule has 7 aromatic rings. The molecule has 0 spiro atoms. The van der Waals surface area contributed by atoms with Gasteiger partial charge in [-0.25, -0.2) is 0 Å². The van der Waals surface area contributed by atoms with Crippen molar-refractivity contribution in [3.05, 3.63) is 180 Å². The zero-order valence-corrected chi connectivity index (χ0v) is 37.4. The molecule has 0 bridgehead atoms. The first-order valence-corrected chi connectivity index (χ1v) is 21.0. The van der Waals surface area contributed by atoms with Gasteiger partial charge in [0.2, 0.25) is 0 Å². The monoisotopic (exact) mass is 904 g/mol. The summed E-state index contributed by atoms with van der Waals surface area (Å²) in [4.78, 5) is 28.2. The maximum Gasteiger partial charge on any atom is 0.146 e. The summed E-state index contributed by atoms with van der Waals surface area (Å²) in [6, 6.07) is 35.7. The molecule has 312 valence electrons. The van der Waals surface area contributed by atoms with Gasteiger partial charge in [0.1, 0.15) is 23.2 Å². The molecule has 3 aliphatic rings. The summed E-state index contributed by atoms with van der Waals surface area (Å²) in [5.41, 5.74) is 14.0. The molecular formula is C52H50N8ORu. The van der Waals surface area contributed by atoms with Gasteiger partial charge < -0.3 is 9.64 Å². The van der Waals surface area contributed by atoms with Gasteiger partial charge in [0.15, 0.2) is 0 Å². The third-order valence-electron chi connectivity index (χ3n) is 10.2. The van der Waals surface area contributed by atoms with E-state index in [2.05, 4.69) is 67.7 Å². The number of aryl methyl sites for hydroxylation is 2. The Kier molecular flexibility index (Phi) is 16.1. The van der Waals surface area contributed by atoms with E-state index >= 15 is 0 Å². The standard InChI is InChI=1S/C29H26N4O.2C10H8N2.C3H8.Ru/c1-18-7-9-31-25(13-18)26-16-20(8-10-32-26)24(17-30)27-14-19(2)23-15-21-5-3-11-33-12-4-6-22(28(21)33)29(23)34-27;2*1-3-7-11-9(5-1)10-6-2-4-8-12-10;1-3-2;/h7-10,13-16H,3-6,11-12H2,1-2H3;2*1-8H;3H2,1-2H3;/b27-24-;;;;. The number of pyridine rings is 6. The second-order valence-corrected chi connectivity index (χ2v) is 14.9. The van der Waals surface area contributed by atoms with Crippen LogP contribution in [0.3, 0.4) is 0 Å². The van der Waals surface area contributed by atoms with Crippen LogP contribution < -0.4 is 9.64 Å². The van der Waals surface area contributed by atoms with E-state index < -0.39 is 0 Å². The smallest absolute Gasteiger partial charge is 0.146 e. The van der Waals surface area contributed by atoms with Gasteiger partial charge in [-0.15, -0.1) is 0 Å². The second-order valence-electron chi connectivity index (χ2n) is 14.9. The van der Waals surface area contributed by atoms with Gasteiger partial charge in [0, 0.05) is 86.6 Å². The minimum absolute atomic E-state index is 0. The number of allylic oxidation sites excluding steroid dienone is 3. The Bertz CT molecular complexity index is 2500. The Morgan fingerprint density at radius 1 is 0.629 bits per heavy atom. The summed E-state index contributed by atoms with van der Waals surface area (Å²) in [5, 5.41) is 10.2. The Morgan fingerprint density at radius 3 is 1.63 bits per heavy atom. The van der Waals surface area contributed by atoms with Crippen molar-refractivity contribution in [2.75, 3.05) is 18.0 Å². The minimum atomic E-state index is 0. The molecule has 1 aromatic carbocycles. The number of nitrogens with zero attached hydrogens (tertiary/aromatic N) is 8. The third kappa shape index (κ3) is 11.0. The number of hydrogen-bond acceptors (Lipinski definition) is 9. The Hall–Kier alpha value is -6.69. The van der Waals surface area contributed by atoms with Crippen molar-refractivity contribution in [2.45, 2.75) is 59.8 Å². The van der Waals surface area contributed by atoms with E-state index in [1.807, 2.05) is 110 Å². The molecule has 6 aromatic heterocycles. The number of nitriles is 1. The van der Waals surface area contributed by atoms with Gasteiger partial charge in [0.05, 0.1) is 34.2 Å². The molecule has 0 atom stereocenters. The molecule has 0 saturated heterocycles. The number of fused-ring (bicyclic) bond motifs is 2.